The van der Waals surface area contributed by atoms with Gasteiger partial charge in [0.15, 0.2) is 0 Å². The molecule has 0 spiro atoms. The van der Waals surface area contributed by atoms with Crippen molar-refractivity contribution < 1.29 is 35.8 Å². The molecular formula is C20H10F6N2O2. The minimum atomic E-state index is -4.87. The quantitative estimate of drug-likeness (QED) is 0.476. The second-order valence-corrected chi connectivity index (χ2v) is 5.88. The maximum Gasteiger partial charge on any atom is 0.573 e. The van der Waals surface area contributed by atoms with Crippen LogP contribution >= 0.6 is 0 Å². The van der Waals surface area contributed by atoms with Crippen LogP contribution in [-0.4, -0.2) is 17.7 Å². The fourth-order valence-corrected chi connectivity index (χ4v) is 2.65. The molecule has 1 aromatic heterocycles. The number of ether oxygens (including phenoxy) is 2. The normalized spacial score (nSPS) is 11.6. The molecule has 0 unspecified atom stereocenters. The minimum absolute atomic E-state index is 0.0614. The van der Waals surface area contributed by atoms with Crippen LogP contribution in [0, 0.1) is 11.3 Å². The van der Waals surface area contributed by atoms with Crippen LogP contribution in [0.25, 0.3) is 22.4 Å². The fourth-order valence-electron chi connectivity index (χ4n) is 2.65. The lowest BCUT2D eigenvalue weighted by Gasteiger charge is -2.12. The van der Waals surface area contributed by atoms with Gasteiger partial charge in [-0.3, -0.25) is 4.98 Å². The summed E-state index contributed by atoms with van der Waals surface area (Å²) in [4.78, 5) is 4.12. The predicted molar refractivity (Wildman–Crippen MR) is 93.2 cm³/mol. The first kappa shape index (κ1) is 21.0. The van der Waals surface area contributed by atoms with Crippen molar-refractivity contribution in [3.63, 3.8) is 0 Å². The van der Waals surface area contributed by atoms with Crippen molar-refractivity contribution >= 4 is 0 Å². The highest BCUT2D eigenvalue weighted by atomic mass is 19.4. The lowest BCUT2D eigenvalue weighted by Crippen LogP contribution is -2.17. The Balaban J connectivity index is 1.96. The van der Waals surface area contributed by atoms with Crippen LogP contribution in [0.15, 0.2) is 60.8 Å². The van der Waals surface area contributed by atoms with E-state index in [0.29, 0.717) is 0 Å². The molecule has 0 bridgehead atoms. The van der Waals surface area contributed by atoms with Crippen LogP contribution in [-0.2, 0) is 0 Å². The third-order valence-corrected chi connectivity index (χ3v) is 3.77. The molecule has 0 atom stereocenters. The molecule has 10 heteroatoms. The SMILES string of the molecule is N#Cc1cc(-c2cccc(OC(F)(F)F)c2)ncc1-c1cccc(OC(F)(F)F)c1. The van der Waals surface area contributed by atoms with Gasteiger partial charge in [0, 0.05) is 17.3 Å². The minimum Gasteiger partial charge on any atom is -0.406 e. The molecule has 0 fully saturated rings. The fraction of sp³-hybridized carbons (Fsp3) is 0.100. The molecule has 0 amide bonds. The van der Waals surface area contributed by atoms with Crippen molar-refractivity contribution in [1.82, 2.24) is 4.98 Å². The lowest BCUT2D eigenvalue weighted by atomic mass is 10.00. The Bertz CT molecular complexity index is 1100. The first-order valence-electron chi connectivity index (χ1n) is 8.16. The topological polar surface area (TPSA) is 55.1 Å². The summed E-state index contributed by atoms with van der Waals surface area (Å²) >= 11 is 0. The van der Waals surface area contributed by atoms with E-state index in [1.54, 1.807) is 0 Å². The van der Waals surface area contributed by atoms with E-state index in [4.69, 9.17) is 0 Å². The number of alkyl halides is 6. The molecule has 4 nitrogen and oxygen atoms in total. The lowest BCUT2D eigenvalue weighted by molar-refractivity contribution is -0.275. The van der Waals surface area contributed by atoms with Gasteiger partial charge in [0.1, 0.15) is 11.5 Å². The summed E-state index contributed by atoms with van der Waals surface area (Å²) in [5.74, 6) is -0.925. The molecule has 0 N–H and O–H groups in total. The number of halogens is 6. The van der Waals surface area contributed by atoms with Gasteiger partial charge in [-0.05, 0) is 35.9 Å². The van der Waals surface area contributed by atoms with E-state index in [2.05, 4.69) is 14.5 Å². The molecule has 1 heterocycles. The Labute approximate surface area is 165 Å². The van der Waals surface area contributed by atoms with Crippen LogP contribution < -0.4 is 9.47 Å². The Morgan fingerprint density at radius 2 is 1.30 bits per heavy atom. The van der Waals surface area contributed by atoms with Gasteiger partial charge >= 0.3 is 12.7 Å². The number of aromatic nitrogens is 1. The summed E-state index contributed by atoms with van der Waals surface area (Å²) in [5.41, 5.74) is 0.990. The van der Waals surface area contributed by atoms with Crippen LogP contribution in [0.3, 0.4) is 0 Å². The highest BCUT2D eigenvalue weighted by molar-refractivity contribution is 5.74. The molecule has 0 radical (unpaired) electrons. The Morgan fingerprint density at radius 1 is 0.767 bits per heavy atom. The van der Waals surface area contributed by atoms with Crippen molar-refractivity contribution in [2.24, 2.45) is 0 Å². The van der Waals surface area contributed by atoms with Gasteiger partial charge in [-0.15, -0.1) is 26.3 Å². The summed E-state index contributed by atoms with van der Waals surface area (Å²) in [5, 5.41) is 9.45. The van der Waals surface area contributed by atoms with Crippen molar-refractivity contribution in [3.05, 3.63) is 66.4 Å². The Kier molecular flexibility index (Phi) is 5.56. The van der Waals surface area contributed by atoms with E-state index in [1.165, 1.54) is 36.5 Å². The smallest absolute Gasteiger partial charge is 0.406 e. The van der Waals surface area contributed by atoms with E-state index in [0.717, 1.165) is 24.3 Å². The van der Waals surface area contributed by atoms with Gasteiger partial charge in [0.2, 0.25) is 0 Å². The molecule has 0 aliphatic rings. The molecule has 3 rings (SSSR count). The van der Waals surface area contributed by atoms with E-state index in [1.807, 2.05) is 6.07 Å². The zero-order chi connectivity index (χ0) is 21.9. The van der Waals surface area contributed by atoms with Gasteiger partial charge in [0.25, 0.3) is 0 Å². The summed E-state index contributed by atoms with van der Waals surface area (Å²) in [6.45, 7) is 0. The number of nitrogens with zero attached hydrogens (tertiary/aromatic N) is 2. The zero-order valence-electron chi connectivity index (χ0n) is 14.8. The maximum atomic E-state index is 12.4. The Morgan fingerprint density at radius 3 is 1.83 bits per heavy atom. The van der Waals surface area contributed by atoms with E-state index in [-0.39, 0.29) is 27.9 Å². The number of benzene rings is 2. The highest BCUT2D eigenvalue weighted by Gasteiger charge is 2.32. The summed E-state index contributed by atoms with van der Waals surface area (Å²) in [6.07, 6.45) is -8.49. The summed E-state index contributed by atoms with van der Waals surface area (Å²) < 4.78 is 82.3. The second-order valence-electron chi connectivity index (χ2n) is 5.88. The van der Waals surface area contributed by atoms with Crippen LogP contribution in [0.1, 0.15) is 5.56 Å². The predicted octanol–water partition coefficient (Wildman–Crippen LogP) is 6.08. The van der Waals surface area contributed by atoms with E-state index in [9.17, 15) is 31.6 Å². The molecule has 0 aliphatic carbocycles. The second kappa shape index (κ2) is 7.94. The average Bonchev–Trinajstić information content (AvgIpc) is 2.65. The Hall–Kier alpha value is -3.74. The van der Waals surface area contributed by atoms with Crippen molar-refractivity contribution in [2.45, 2.75) is 12.7 Å². The molecule has 0 aliphatic heterocycles. The number of hydrogen-bond acceptors (Lipinski definition) is 4. The van der Waals surface area contributed by atoms with Crippen LogP contribution in [0.4, 0.5) is 26.3 Å². The number of hydrogen-bond donors (Lipinski definition) is 0. The largest absolute Gasteiger partial charge is 0.573 e. The first-order valence-corrected chi connectivity index (χ1v) is 8.16. The molecule has 2 aromatic carbocycles. The van der Waals surface area contributed by atoms with Gasteiger partial charge in [0.05, 0.1) is 17.3 Å². The first-order chi connectivity index (χ1) is 14.0. The van der Waals surface area contributed by atoms with Gasteiger partial charge in [-0.25, -0.2) is 0 Å². The van der Waals surface area contributed by atoms with Gasteiger partial charge in [-0.2, -0.15) is 5.26 Å². The van der Waals surface area contributed by atoms with Crippen LogP contribution in [0.2, 0.25) is 0 Å². The number of rotatable bonds is 4. The highest BCUT2D eigenvalue weighted by Crippen LogP contribution is 2.32. The van der Waals surface area contributed by atoms with Crippen LogP contribution in [0.5, 0.6) is 11.5 Å². The zero-order valence-corrected chi connectivity index (χ0v) is 14.8. The summed E-state index contributed by atoms with van der Waals surface area (Å²) in [7, 11) is 0. The third kappa shape index (κ3) is 5.41. The molecular weight excluding hydrogens is 414 g/mol. The third-order valence-electron chi connectivity index (χ3n) is 3.77. The van der Waals surface area contributed by atoms with Gasteiger partial charge < -0.3 is 9.47 Å². The molecule has 30 heavy (non-hydrogen) atoms. The van der Waals surface area contributed by atoms with E-state index < -0.39 is 24.2 Å². The molecule has 0 saturated carbocycles. The van der Waals surface area contributed by atoms with E-state index >= 15 is 0 Å². The molecule has 3 aromatic rings. The van der Waals surface area contributed by atoms with Crippen molar-refractivity contribution in [3.8, 4) is 40.0 Å². The number of pyridine rings is 1. The van der Waals surface area contributed by atoms with Crippen molar-refractivity contribution in [1.29, 1.82) is 5.26 Å². The monoisotopic (exact) mass is 424 g/mol. The average molecular weight is 424 g/mol. The molecule has 0 saturated heterocycles. The van der Waals surface area contributed by atoms with Gasteiger partial charge in [-0.1, -0.05) is 24.3 Å². The number of nitriles is 1. The standard InChI is InChI=1S/C20H10F6N2O2/c21-19(22,23)29-15-5-1-3-12(7-15)17-11-28-18(9-14(17)10-27)13-4-2-6-16(8-13)30-20(24,25)26/h1-9,11H. The van der Waals surface area contributed by atoms with Crippen molar-refractivity contribution in [2.75, 3.05) is 0 Å². The maximum absolute atomic E-state index is 12.4. The summed E-state index contributed by atoms with van der Waals surface area (Å²) in [6, 6.07) is 13.3. The molecule has 154 valence electrons.